The van der Waals surface area contributed by atoms with Gasteiger partial charge in [0.25, 0.3) is 5.91 Å². The summed E-state index contributed by atoms with van der Waals surface area (Å²) in [5.41, 5.74) is 6.79. The average Bonchev–Trinajstić information content (AvgIpc) is 2.60. The monoisotopic (exact) mass is 294 g/mol. The van der Waals surface area contributed by atoms with Crippen LogP contribution < -0.4 is 11.1 Å². The second-order valence-electron chi connectivity index (χ2n) is 3.53. The topological polar surface area (TPSA) is 72.9 Å². The first-order valence-electron chi connectivity index (χ1n) is 4.92. The van der Waals surface area contributed by atoms with E-state index in [1.54, 1.807) is 13.1 Å². The smallest absolute Gasteiger partial charge is 0.261 e. The van der Waals surface area contributed by atoms with Crippen LogP contribution in [0.2, 0.25) is 0 Å². The highest BCUT2D eigenvalue weighted by Gasteiger charge is 2.13. The zero-order valence-corrected chi connectivity index (χ0v) is 10.7. The van der Waals surface area contributed by atoms with Crippen LogP contribution in [0.25, 0.3) is 0 Å². The van der Waals surface area contributed by atoms with E-state index in [4.69, 9.17) is 5.73 Å². The Hall–Kier alpha value is -1.82. The molecule has 2 rings (SSSR count). The number of benzene rings is 1. The summed E-state index contributed by atoms with van der Waals surface area (Å²) in [6.45, 7) is 0. The first-order valence-corrected chi connectivity index (χ1v) is 5.71. The van der Waals surface area contributed by atoms with Gasteiger partial charge in [0, 0.05) is 17.2 Å². The van der Waals surface area contributed by atoms with E-state index in [-0.39, 0.29) is 5.91 Å². The number of hydrogen-bond donors (Lipinski definition) is 2. The molecule has 0 saturated heterocycles. The molecule has 0 aliphatic carbocycles. The largest absolute Gasteiger partial charge is 0.383 e. The molecule has 1 heterocycles. The highest BCUT2D eigenvalue weighted by molar-refractivity contribution is 9.10. The molecule has 2 aromatic rings. The Kier molecular flexibility index (Phi) is 3.14. The van der Waals surface area contributed by atoms with Crippen molar-refractivity contribution in [2.45, 2.75) is 0 Å². The lowest BCUT2D eigenvalue weighted by atomic mass is 10.2. The predicted molar refractivity (Wildman–Crippen MR) is 69.7 cm³/mol. The summed E-state index contributed by atoms with van der Waals surface area (Å²) in [4.78, 5) is 11.9. The van der Waals surface area contributed by atoms with Crippen molar-refractivity contribution >= 4 is 33.3 Å². The fourth-order valence-corrected chi connectivity index (χ4v) is 1.79. The molecule has 1 aromatic carbocycles. The minimum atomic E-state index is -0.270. The van der Waals surface area contributed by atoms with E-state index < -0.39 is 0 Å². The Morgan fingerprint density at radius 1 is 1.53 bits per heavy atom. The van der Waals surface area contributed by atoms with Gasteiger partial charge < -0.3 is 11.1 Å². The van der Waals surface area contributed by atoms with Crippen LogP contribution in [0.1, 0.15) is 10.4 Å². The zero-order valence-electron chi connectivity index (χ0n) is 9.14. The van der Waals surface area contributed by atoms with Crippen LogP contribution in [-0.4, -0.2) is 15.7 Å². The normalized spacial score (nSPS) is 10.2. The standard InChI is InChI=1S/C11H11BrN4O/c1-16-10(13)9(6-14-16)11(17)15-8-4-2-3-7(12)5-8/h2-6H,13H2,1H3,(H,15,17). The van der Waals surface area contributed by atoms with Crippen LogP contribution in [0.4, 0.5) is 11.5 Å². The quantitative estimate of drug-likeness (QED) is 0.890. The lowest BCUT2D eigenvalue weighted by Crippen LogP contribution is -2.13. The molecular formula is C11H11BrN4O. The van der Waals surface area contributed by atoms with Gasteiger partial charge in [0.05, 0.1) is 6.20 Å². The molecule has 0 spiro atoms. The summed E-state index contributed by atoms with van der Waals surface area (Å²) in [6.07, 6.45) is 1.45. The van der Waals surface area contributed by atoms with Crippen molar-refractivity contribution < 1.29 is 4.79 Å². The van der Waals surface area contributed by atoms with E-state index in [2.05, 4.69) is 26.3 Å². The molecule has 0 saturated carbocycles. The highest BCUT2D eigenvalue weighted by Crippen LogP contribution is 2.17. The van der Waals surface area contributed by atoms with Gasteiger partial charge in [-0.25, -0.2) is 0 Å². The lowest BCUT2D eigenvalue weighted by Gasteiger charge is -2.04. The molecule has 0 unspecified atom stereocenters. The third-order valence-electron chi connectivity index (χ3n) is 2.31. The van der Waals surface area contributed by atoms with Crippen molar-refractivity contribution in [1.82, 2.24) is 9.78 Å². The lowest BCUT2D eigenvalue weighted by molar-refractivity contribution is 0.102. The van der Waals surface area contributed by atoms with Gasteiger partial charge in [-0.05, 0) is 18.2 Å². The van der Waals surface area contributed by atoms with Crippen LogP contribution in [0.5, 0.6) is 0 Å². The SMILES string of the molecule is Cn1ncc(C(=O)Nc2cccc(Br)c2)c1N. The van der Waals surface area contributed by atoms with Crippen molar-refractivity contribution in [1.29, 1.82) is 0 Å². The fourth-order valence-electron chi connectivity index (χ4n) is 1.39. The highest BCUT2D eigenvalue weighted by atomic mass is 79.9. The number of carbonyl (C=O) groups excluding carboxylic acids is 1. The molecule has 1 amide bonds. The Bertz CT molecular complexity index is 564. The molecule has 1 aromatic heterocycles. The van der Waals surface area contributed by atoms with E-state index in [9.17, 15) is 4.79 Å². The molecule has 0 radical (unpaired) electrons. The molecule has 0 fully saturated rings. The van der Waals surface area contributed by atoms with Crippen molar-refractivity contribution in [2.24, 2.45) is 7.05 Å². The number of nitrogens with one attached hydrogen (secondary N) is 1. The zero-order chi connectivity index (χ0) is 12.4. The number of hydrogen-bond acceptors (Lipinski definition) is 3. The first kappa shape index (κ1) is 11.7. The molecule has 0 aliphatic rings. The maximum Gasteiger partial charge on any atom is 0.261 e. The van der Waals surface area contributed by atoms with E-state index in [1.165, 1.54) is 10.9 Å². The molecule has 17 heavy (non-hydrogen) atoms. The number of aromatic nitrogens is 2. The first-order chi connectivity index (χ1) is 8.08. The molecule has 0 atom stereocenters. The maximum atomic E-state index is 11.9. The second-order valence-corrected chi connectivity index (χ2v) is 4.45. The van der Waals surface area contributed by atoms with Crippen molar-refractivity contribution in [2.75, 3.05) is 11.1 Å². The van der Waals surface area contributed by atoms with Gasteiger partial charge >= 0.3 is 0 Å². The molecule has 0 aliphatic heterocycles. The van der Waals surface area contributed by atoms with E-state index in [1.807, 2.05) is 18.2 Å². The Morgan fingerprint density at radius 2 is 2.29 bits per heavy atom. The minimum absolute atomic E-state index is 0.270. The fraction of sp³-hybridized carbons (Fsp3) is 0.0909. The number of aryl methyl sites for hydroxylation is 1. The molecule has 5 nitrogen and oxygen atoms in total. The van der Waals surface area contributed by atoms with Crippen molar-refractivity contribution in [3.63, 3.8) is 0 Å². The van der Waals surface area contributed by atoms with Crippen molar-refractivity contribution in [3.05, 3.63) is 40.5 Å². The van der Waals surface area contributed by atoms with Gasteiger partial charge in [-0.1, -0.05) is 22.0 Å². The van der Waals surface area contributed by atoms with Gasteiger partial charge in [0.2, 0.25) is 0 Å². The summed E-state index contributed by atoms with van der Waals surface area (Å²) >= 11 is 3.33. The van der Waals surface area contributed by atoms with Gasteiger partial charge in [-0.15, -0.1) is 0 Å². The van der Waals surface area contributed by atoms with Crippen LogP contribution in [0, 0.1) is 0 Å². The maximum absolute atomic E-state index is 11.9. The number of nitrogens with two attached hydrogens (primary N) is 1. The Morgan fingerprint density at radius 3 is 2.88 bits per heavy atom. The summed E-state index contributed by atoms with van der Waals surface area (Å²) in [5, 5.41) is 6.67. The molecule has 3 N–H and O–H groups in total. The summed E-state index contributed by atoms with van der Waals surface area (Å²) in [5.74, 6) is 0.0752. The molecule has 6 heteroatoms. The van der Waals surface area contributed by atoms with E-state index >= 15 is 0 Å². The van der Waals surface area contributed by atoms with E-state index in [0.717, 1.165) is 4.47 Å². The number of anilines is 2. The van der Waals surface area contributed by atoms with Crippen LogP contribution >= 0.6 is 15.9 Å². The molecule has 0 bridgehead atoms. The third kappa shape index (κ3) is 2.47. The summed E-state index contributed by atoms with van der Waals surface area (Å²) in [7, 11) is 1.69. The average molecular weight is 295 g/mol. The number of amides is 1. The Balaban J connectivity index is 2.20. The van der Waals surface area contributed by atoms with Crippen LogP contribution in [0.15, 0.2) is 34.9 Å². The number of nitrogen functional groups attached to an aromatic ring is 1. The van der Waals surface area contributed by atoms with E-state index in [0.29, 0.717) is 17.1 Å². The third-order valence-corrected chi connectivity index (χ3v) is 2.80. The van der Waals surface area contributed by atoms with Crippen LogP contribution in [-0.2, 0) is 7.05 Å². The number of rotatable bonds is 2. The van der Waals surface area contributed by atoms with Crippen LogP contribution in [0.3, 0.4) is 0 Å². The minimum Gasteiger partial charge on any atom is -0.383 e. The van der Waals surface area contributed by atoms with Gasteiger partial charge in [0.1, 0.15) is 11.4 Å². The summed E-state index contributed by atoms with van der Waals surface area (Å²) < 4.78 is 2.35. The van der Waals surface area contributed by atoms with Gasteiger partial charge in [-0.3, -0.25) is 9.48 Å². The summed E-state index contributed by atoms with van der Waals surface area (Å²) in [6, 6.07) is 7.33. The Labute approximate surface area is 107 Å². The number of carbonyl (C=O) groups is 1. The molecule has 88 valence electrons. The van der Waals surface area contributed by atoms with Gasteiger partial charge in [-0.2, -0.15) is 5.10 Å². The predicted octanol–water partition coefficient (Wildman–Crippen LogP) is 2.02. The number of halogens is 1. The van der Waals surface area contributed by atoms with Crippen molar-refractivity contribution in [3.8, 4) is 0 Å². The molecular weight excluding hydrogens is 284 g/mol. The second kappa shape index (κ2) is 4.58. The van der Waals surface area contributed by atoms with Gasteiger partial charge in [0.15, 0.2) is 0 Å². The number of nitrogens with zero attached hydrogens (tertiary/aromatic N) is 2.